The van der Waals surface area contributed by atoms with Crippen LogP contribution in [0.4, 0.5) is 5.69 Å². The molecule has 1 fully saturated rings. The van der Waals surface area contributed by atoms with E-state index in [2.05, 4.69) is 43.4 Å². The van der Waals surface area contributed by atoms with E-state index in [9.17, 15) is 0 Å². The lowest BCUT2D eigenvalue weighted by Gasteiger charge is -2.37. The monoisotopic (exact) mass is 271 g/mol. The Morgan fingerprint density at radius 3 is 2.35 bits per heavy atom. The predicted molar refractivity (Wildman–Crippen MR) is 84.1 cm³/mol. The van der Waals surface area contributed by atoms with Gasteiger partial charge in [0.2, 0.25) is 0 Å². The van der Waals surface area contributed by atoms with Crippen molar-refractivity contribution >= 4 is 5.69 Å². The first-order valence-electron chi connectivity index (χ1n) is 7.48. The number of nitrogens with zero attached hydrogens (tertiary/aromatic N) is 2. The maximum Gasteiger partial charge on any atom is 0.0994 e. The van der Waals surface area contributed by atoms with E-state index in [-0.39, 0.29) is 0 Å². The van der Waals surface area contributed by atoms with E-state index in [1.54, 1.807) is 0 Å². The summed E-state index contributed by atoms with van der Waals surface area (Å²) < 4.78 is 0. The van der Waals surface area contributed by atoms with Crippen molar-refractivity contribution in [1.29, 1.82) is 5.26 Å². The van der Waals surface area contributed by atoms with Gasteiger partial charge in [0.25, 0.3) is 0 Å². The van der Waals surface area contributed by atoms with Gasteiger partial charge in [0.15, 0.2) is 0 Å². The molecule has 20 heavy (non-hydrogen) atoms. The zero-order valence-corrected chi connectivity index (χ0v) is 13.0. The van der Waals surface area contributed by atoms with Gasteiger partial charge in [0, 0.05) is 24.8 Å². The molecule has 1 aromatic carbocycles. The van der Waals surface area contributed by atoms with Gasteiger partial charge in [0.1, 0.15) is 0 Å². The van der Waals surface area contributed by atoms with Crippen molar-refractivity contribution in [3.8, 4) is 6.07 Å². The highest BCUT2D eigenvalue weighted by molar-refractivity contribution is 5.60. The van der Waals surface area contributed by atoms with Crippen molar-refractivity contribution in [3.63, 3.8) is 0 Å². The first-order valence-corrected chi connectivity index (χ1v) is 7.48. The van der Waals surface area contributed by atoms with Crippen LogP contribution in [0.25, 0.3) is 0 Å². The minimum absolute atomic E-state index is 0.616. The Labute approximate surface area is 122 Å². The summed E-state index contributed by atoms with van der Waals surface area (Å²) in [5.74, 6) is 0. The molecule has 0 saturated heterocycles. The van der Waals surface area contributed by atoms with Gasteiger partial charge >= 0.3 is 0 Å². The SMILES string of the molecule is CNC1CCC(N(C)c2ccc(C#N)c(C)c2C)CC1. The number of nitrogens with one attached hydrogen (secondary N) is 1. The van der Waals surface area contributed by atoms with Gasteiger partial charge in [-0.1, -0.05) is 0 Å². The Morgan fingerprint density at radius 2 is 1.80 bits per heavy atom. The second-order valence-corrected chi connectivity index (χ2v) is 5.90. The molecule has 0 aromatic heterocycles. The van der Waals surface area contributed by atoms with Crippen molar-refractivity contribution in [2.24, 2.45) is 0 Å². The van der Waals surface area contributed by atoms with Crippen molar-refractivity contribution in [1.82, 2.24) is 5.32 Å². The minimum atomic E-state index is 0.616. The minimum Gasteiger partial charge on any atom is -0.371 e. The van der Waals surface area contributed by atoms with Gasteiger partial charge in [-0.2, -0.15) is 5.26 Å². The Bertz CT molecular complexity index is 508. The molecule has 1 aromatic rings. The molecule has 1 N–H and O–H groups in total. The Morgan fingerprint density at radius 1 is 1.15 bits per heavy atom. The lowest BCUT2D eigenvalue weighted by atomic mass is 9.89. The highest BCUT2D eigenvalue weighted by Crippen LogP contribution is 2.30. The van der Waals surface area contributed by atoms with Crippen LogP contribution in [0.15, 0.2) is 12.1 Å². The number of rotatable bonds is 3. The van der Waals surface area contributed by atoms with Crippen LogP contribution in [0.1, 0.15) is 42.4 Å². The summed E-state index contributed by atoms with van der Waals surface area (Å²) in [4.78, 5) is 2.41. The summed E-state index contributed by atoms with van der Waals surface area (Å²) in [6, 6.07) is 7.62. The van der Waals surface area contributed by atoms with Gasteiger partial charge in [0.05, 0.1) is 11.6 Å². The standard InChI is InChI=1S/C17H25N3/c1-12-13(2)17(10-5-14(12)11-18)20(4)16-8-6-15(19-3)7-9-16/h5,10,15-16,19H,6-9H2,1-4H3. The van der Waals surface area contributed by atoms with E-state index in [0.717, 1.165) is 11.1 Å². The van der Waals surface area contributed by atoms with Crippen molar-refractivity contribution in [3.05, 3.63) is 28.8 Å². The lowest BCUT2D eigenvalue weighted by molar-refractivity contribution is 0.351. The first kappa shape index (κ1) is 14.9. The van der Waals surface area contributed by atoms with E-state index in [1.165, 1.54) is 36.9 Å². The quantitative estimate of drug-likeness (QED) is 0.918. The van der Waals surface area contributed by atoms with Gasteiger partial charge in [-0.25, -0.2) is 0 Å². The number of hydrogen-bond acceptors (Lipinski definition) is 3. The molecule has 3 nitrogen and oxygen atoms in total. The Balaban J connectivity index is 2.16. The molecule has 108 valence electrons. The van der Waals surface area contributed by atoms with Crippen molar-refractivity contribution in [2.45, 2.75) is 51.6 Å². The molecule has 1 aliphatic rings. The molecular formula is C17H25N3. The van der Waals surface area contributed by atoms with Crippen LogP contribution >= 0.6 is 0 Å². The normalized spacial score (nSPS) is 22.4. The summed E-state index contributed by atoms with van der Waals surface area (Å²) >= 11 is 0. The second kappa shape index (κ2) is 6.28. The third kappa shape index (κ3) is 2.81. The van der Waals surface area contributed by atoms with Crippen LogP contribution in [0, 0.1) is 25.2 Å². The molecule has 0 aliphatic heterocycles. The fourth-order valence-electron chi connectivity index (χ4n) is 3.26. The number of nitriles is 1. The Kier molecular flexibility index (Phi) is 4.67. The highest BCUT2D eigenvalue weighted by atomic mass is 15.1. The molecular weight excluding hydrogens is 246 g/mol. The molecule has 0 unspecified atom stereocenters. The zero-order chi connectivity index (χ0) is 14.7. The molecule has 0 amide bonds. The molecule has 3 heteroatoms. The van der Waals surface area contributed by atoms with E-state index in [1.807, 2.05) is 13.0 Å². The number of hydrogen-bond donors (Lipinski definition) is 1. The summed E-state index contributed by atoms with van der Waals surface area (Å²) in [5.41, 5.74) is 4.41. The molecule has 0 heterocycles. The van der Waals surface area contributed by atoms with Crippen molar-refractivity contribution < 1.29 is 0 Å². The van der Waals surface area contributed by atoms with Gasteiger partial charge < -0.3 is 10.2 Å². The van der Waals surface area contributed by atoms with Crippen LogP contribution in [-0.2, 0) is 0 Å². The van der Waals surface area contributed by atoms with Gasteiger partial charge in [-0.3, -0.25) is 0 Å². The van der Waals surface area contributed by atoms with Crippen LogP contribution in [0.3, 0.4) is 0 Å². The first-order chi connectivity index (χ1) is 9.58. The molecule has 1 aliphatic carbocycles. The second-order valence-electron chi connectivity index (χ2n) is 5.90. The van der Waals surface area contributed by atoms with E-state index in [4.69, 9.17) is 5.26 Å². The summed E-state index contributed by atoms with van der Waals surface area (Å²) in [5, 5.41) is 12.5. The topological polar surface area (TPSA) is 39.1 Å². The summed E-state index contributed by atoms with van der Waals surface area (Å²) in [7, 11) is 4.25. The van der Waals surface area contributed by atoms with Crippen LogP contribution in [0.2, 0.25) is 0 Å². The fraction of sp³-hybridized carbons (Fsp3) is 0.588. The molecule has 0 bridgehead atoms. The zero-order valence-electron chi connectivity index (χ0n) is 13.0. The molecule has 0 atom stereocenters. The molecule has 2 rings (SSSR count). The maximum atomic E-state index is 9.11. The van der Waals surface area contributed by atoms with Crippen LogP contribution < -0.4 is 10.2 Å². The highest BCUT2D eigenvalue weighted by Gasteiger charge is 2.24. The van der Waals surface area contributed by atoms with E-state index < -0.39 is 0 Å². The molecule has 1 saturated carbocycles. The summed E-state index contributed by atoms with van der Waals surface area (Å²) in [6.07, 6.45) is 4.97. The molecule has 0 spiro atoms. The molecule has 0 radical (unpaired) electrons. The smallest absolute Gasteiger partial charge is 0.0994 e. The van der Waals surface area contributed by atoms with E-state index >= 15 is 0 Å². The lowest BCUT2D eigenvalue weighted by Crippen LogP contribution is -2.40. The van der Waals surface area contributed by atoms with Gasteiger partial charge in [-0.15, -0.1) is 0 Å². The summed E-state index contributed by atoms with van der Waals surface area (Å²) in [6.45, 7) is 4.17. The average molecular weight is 271 g/mol. The Hall–Kier alpha value is -1.53. The number of anilines is 1. The maximum absolute atomic E-state index is 9.11. The third-order valence-electron chi connectivity index (χ3n) is 4.91. The van der Waals surface area contributed by atoms with Crippen LogP contribution in [0.5, 0.6) is 0 Å². The fourth-order valence-corrected chi connectivity index (χ4v) is 3.26. The van der Waals surface area contributed by atoms with Crippen molar-refractivity contribution in [2.75, 3.05) is 19.0 Å². The average Bonchev–Trinajstić information content (AvgIpc) is 2.49. The predicted octanol–water partition coefficient (Wildman–Crippen LogP) is 3.14. The van der Waals surface area contributed by atoms with Crippen LogP contribution in [-0.4, -0.2) is 26.2 Å². The number of benzene rings is 1. The van der Waals surface area contributed by atoms with Gasteiger partial charge in [-0.05, 0) is 69.8 Å². The largest absolute Gasteiger partial charge is 0.371 e. The third-order valence-corrected chi connectivity index (χ3v) is 4.91. The van der Waals surface area contributed by atoms with E-state index in [0.29, 0.717) is 12.1 Å².